The van der Waals surface area contributed by atoms with Gasteiger partial charge in [-0.05, 0) is 18.8 Å². The molecule has 1 N–H and O–H groups in total. The van der Waals surface area contributed by atoms with Gasteiger partial charge in [-0.15, -0.1) is 0 Å². The van der Waals surface area contributed by atoms with Gasteiger partial charge in [-0.2, -0.15) is 0 Å². The highest BCUT2D eigenvalue weighted by molar-refractivity contribution is 4.87. The van der Waals surface area contributed by atoms with Gasteiger partial charge < -0.3 is 5.11 Å². The number of hydrogen-bond acceptors (Lipinski definition) is 2. The average Bonchev–Trinajstić information content (AvgIpc) is 2.84. The van der Waals surface area contributed by atoms with Gasteiger partial charge in [-0.3, -0.25) is 4.90 Å². The van der Waals surface area contributed by atoms with Crippen molar-refractivity contribution in [2.24, 2.45) is 11.3 Å². The van der Waals surface area contributed by atoms with Crippen LogP contribution in [0.4, 0.5) is 0 Å². The van der Waals surface area contributed by atoms with E-state index in [1.165, 1.54) is 19.4 Å². The number of aliphatic hydroxyl groups excluding tert-OH is 1. The second-order valence-corrected chi connectivity index (χ2v) is 5.88. The molecular formula is C12H25NO. The summed E-state index contributed by atoms with van der Waals surface area (Å²) in [5.41, 5.74) is 0.0531. The molecule has 0 saturated heterocycles. The van der Waals surface area contributed by atoms with Gasteiger partial charge in [0.25, 0.3) is 0 Å². The molecule has 14 heavy (non-hydrogen) atoms. The van der Waals surface area contributed by atoms with E-state index in [2.05, 4.69) is 32.6 Å². The summed E-state index contributed by atoms with van der Waals surface area (Å²) in [5, 5.41) is 9.25. The molecule has 84 valence electrons. The van der Waals surface area contributed by atoms with Crippen LogP contribution < -0.4 is 0 Å². The Morgan fingerprint density at radius 1 is 1.36 bits per heavy atom. The first-order chi connectivity index (χ1) is 6.44. The third-order valence-corrected chi connectivity index (χ3v) is 2.72. The lowest BCUT2D eigenvalue weighted by Crippen LogP contribution is -2.39. The third kappa shape index (κ3) is 3.97. The van der Waals surface area contributed by atoms with Crippen molar-refractivity contribution in [3.05, 3.63) is 0 Å². The highest BCUT2D eigenvalue weighted by Crippen LogP contribution is 2.30. The summed E-state index contributed by atoms with van der Waals surface area (Å²) in [4.78, 5) is 2.56. The summed E-state index contributed by atoms with van der Waals surface area (Å²) < 4.78 is 0. The van der Waals surface area contributed by atoms with Crippen LogP contribution in [0.25, 0.3) is 0 Å². The van der Waals surface area contributed by atoms with Crippen LogP contribution in [0.3, 0.4) is 0 Å². The van der Waals surface area contributed by atoms with E-state index in [0.717, 1.165) is 18.5 Å². The molecule has 0 aromatic carbocycles. The smallest absolute Gasteiger partial charge is 0.0494 e. The Balaban J connectivity index is 2.42. The van der Waals surface area contributed by atoms with Crippen molar-refractivity contribution in [1.82, 2.24) is 4.90 Å². The van der Waals surface area contributed by atoms with Crippen molar-refractivity contribution in [3.8, 4) is 0 Å². The topological polar surface area (TPSA) is 23.5 Å². The van der Waals surface area contributed by atoms with E-state index in [-0.39, 0.29) is 12.0 Å². The fourth-order valence-electron chi connectivity index (χ4n) is 1.85. The summed E-state index contributed by atoms with van der Waals surface area (Å²) in [6, 6.07) is 0.809. The normalized spacial score (nSPS) is 18.2. The lowest BCUT2D eigenvalue weighted by Gasteiger charge is -2.32. The van der Waals surface area contributed by atoms with E-state index >= 15 is 0 Å². The van der Waals surface area contributed by atoms with E-state index in [1.807, 2.05) is 0 Å². The minimum Gasteiger partial charge on any atom is -0.396 e. The molecule has 0 unspecified atom stereocenters. The molecule has 0 aliphatic heterocycles. The first kappa shape index (κ1) is 12.0. The first-order valence-electron chi connectivity index (χ1n) is 5.79. The summed E-state index contributed by atoms with van der Waals surface area (Å²) in [5.74, 6) is 0.727. The van der Waals surface area contributed by atoms with Crippen molar-refractivity contribution in [3.63, 3.8) is 0 Å². The molecule has 1 fully saturated rings. The predicted molar refractivity (Wildman–Crippen MR) is 60.3 cm³/mol. The maximum absolute atomic E-state index is 9.25. The zero-order chi connectivity index (χ0) is 10.8. The minimum absolute atomic E-state index is 0.0531. The van der Waals surface area contributed by atoms with E-state index < -0.39 is 0 Å². The molecule has 0 radical (unpaired) electrons. The van der Waals surface area contributed by atoms with E-state index in [9.17, 15) is 5.11 Å². The van der Waals surface area contributed by atoms with Crippen LogP contribution in [0.15, 0.2) is 0 Å². The van der Waals surface area contributed by atoms with Gasteiger partial charge in [0.15, 0.2) is 0 Å². The zero-order valence-electron chi connectivity index (χ0n) is 10.1. The highest BCUT2D eigenvalue weighted by atomic mass is 16.3. The Morgan fingerprint density at radius 3 is 2.29 bits per heavy atom. The molecule has 0 aromatic rings. The quantitative estimate of drug-likeness (QED) is 0.708. The zero-order valence-corrected chi connectivity index (χ0v) is 10.1. The SMILES string of the molecule is CC(C)CN(CC(C)(C)CO)C1CC1. The number of nitrogens with zero attached hydrogens (tertiary/aromatic N) is 1. The number of aliphatic hydroxyl groups is 1. The fourth-order valence-corrected chi connectivity index (χ4v) is 1.85. The maximum atomic E-state index is 9.25. The predicted octanol–water partition coefficient (Wildman–Crippen LogP) is 2.13. The molecule has 1 aliphatic rings. The number of rotatable bonds is 6. The highest BCUT2D eigenvalue weighted by Gasteiger charge is 2.32. The van der Waals surface area contributed by atoms with Crippen molar-refractivity contribution in [2.45, 2.75) is 46.6 Å². The van der Waals surface area contributed by atoms with Gasteiger partial charge in [0.05, 0.1) is 0 Å². The monoisotopic (exact) mass is 199 g/mol. The molecule has 1 saturated carbocycles. The standard InChI is InChI=1S/C12H25NO/c1-10(2)7-13(11-5-6-11)8-12(3,4)9-14/h10-11,14H,5-9H2,1-4H3. The van der Waals surface area contributed by atoms with Crippen LogP contribution in [0.2, 0.25) is 0 Å². The van der Waals surface area contributed by atoms with Gasteiger partial charge in [0.1, 0.15) is 0 Å². The second-order valence-electron chi connectivity index (χ2n) is 5.88. The van der Waals surface area contributed by atoms with Gasteiger partial charge >= 0.3 is 0 Å². The average molecular weight is 199 g/mol. The second kappa shape index (κ2) is 4.63. The van der Waals surface area contributed by atoms with Gasteiger partial charge in [0, 0.05) is 31.2 Å². The molecule has 0 spiro atoms. The molecule has 1 rings (SSSR count). The van der Waals surface area contributed by atoms with Crippen molar-refractivity contribution in [1.29, 1.82) is 0 Å². The van der Waals surface area contributed by atoms with Crippen LogP contribution in [-0.4, -0.2) is 35.7 Å². The lowest BCUT2D eigenvalue weighted by atomic mass is 9.93. The van der Waals surface area contributed by atoms with Gasteiger partial charge in [-0.1, -0.05) is 27.7 Å². The molecule has 2 nitrogen and oxygen atoms in total. The van der Waals surface area contributed by atoms with Crippen molar-refractivity contribution < 1.29 is 5.11 Å². The Morgan fingerprint density at radius 2 is 1.93 bits per heavy atom. The molecule has 0 atom stereocenters. The van der Waals surface area contributed by atoms with Crippen LogP contribution in [-0.2, 0) is 0 Å². The summed E-state index contributed by atoms with van der Waals surface area (Å²) in [6.45, 7) is 11.3. The molecule has 0 aromatic heterocycles. The van der Waals surface area contributed by atoms with Crippen molar-refractivity contribution >= 4 is 0 Å². The van der Waals surface area contributed by atoms with E-state index in [0.29, 0.717) is 0 Å². The van der Waals surface area contributed by atoms with Crippen LogP contribution in [0.1, 0.15) is 40.5 Å². The maximum Gasteiger partial charge on any atom is 0.0494 e. The van der Waals surface area contributed by atoms with Crippen LogP contribution in [0, 0.1) is 11.3 Å². The third-order valence-electron chi connectivity index (χ3n) is 2.72. The Bertz CT molecular complexity index is 173. The summed E-state index contributed by atoms with van der Waals surface area (Å²) in [6.07, 6.45) is 2.71. The molecular weight excluding hydrogens is 174 g/mol. The first-order valence-corrected chi connectivity index (χ1v) is 5.79. The van der Waals surface area contributed by atoms with Gasteiger partial charge in [0.2, 0.25) is 0 Å². The van der Waals surface area contributed by atoms with Gasteiger partial charge in [-0.25, -0.2) is 0 Å². The molecule has 0 heterocycles. The van der Waals surface area contributed by atoms with Crippen LogP contribution in [0.5, 0.6) is 0 Å². The minimum atomic E-state index is 0.0531. The Labute approximate surface area is 88.3 Å². The van der Waals surface area contributed by atoms with E-state index in [4.69, 9.17) is 0 Å². The number of hydrogen-bond donors (Lipinski definition) is 1. The molecule has 2 heteroatoms. The molecule has 0 amide bonds. The lowest BCUT2D eigenvalue weighted by molar-refractivity contribution is 0.0921. The summed E-state index contributed by atoms with van der Waals surface area (Å²) in [7, 11) is 0. The fraction of sp³-hybridized carbons (Fsp3) is 1.00. The molecule has 1 aliphatic carbocycles. The Kier molecular flexibility index (Phi) is 3.96. The van der Waals surface area contributed by atoms with Crippen molar-refractivity contribution in [2.75, 3.05) is 19.7 Å². The summed E-state index contributed by atoms with van der Waals surface area (Å²) >= 11 is 0. The Hall–Kier alpha value is -0.0800. The molecule has 0 bridgehead atoms. The van der Waals surface area contributed by atoms with E-state index in [1.54, 1.807) is 0 Å². The van der Waals surface area contributed by atoms with Crippen LogP contribution >= 0.6 is 0 Å². The largest absolute Gasteiger partial charge is 0.396 e.